The van der Waals surface area contributed by atoms with Crippen LogP contribution in [0.15, 0.2) is 133 Å². The third-order valence-corrected chi connectivity index (χ3v) is 13.6. The maximum Gasteiger partial charge on any atom is 0.148 e. The molecule has 2 aromatic heterocycles. The predicted octanol–water partition coefficient (Wildman–Crippen LogP) is 17.4. The second-order valence-electron chi connectivity index (χ2n) is 21.1. The Morgan fingerprint density at radius 1 is 0.618 bits per heavy atom. The standard InChI is InChI=1S/C63H70N3O.Pt/c1-39(2)44-35-51(40(3)4)58(67)53(36-44)59-65-57-50(22-19-23-56(57)66(59)55-29-28-48(63(14,15)62(11,12)13)38-52(55)42-20-17-16-18-21-42)45-32-46(34-49(33-45)61(8,9)10)54-37-43(30-31-64-54)41-24-26-47(27-25-41)60(5,6)7;/h16-31,33-40,67H,1-15H3;/q-1;/i5D3,6D3,7D3,24D,25D,26D,27D;. The van der Waals surface area contributed by atoms with E-state index in [2.05, 4.69) is 136 Å². The van der Waals surface area contributed by atoms with E-state index in [1.807, 2.05) is 48.5 Å². The number of para-hydroxylation sites is 1. The van der Waals surface area contributed by atoms with Crippen LogP contribution >= 0.6 is 0 Å². The predicted molar refractivity (Wildman–Crippen MR) is 285 cm³/mol. The van der Waals surface area contributed by atoms with Crippen molar-refractivity contribution in [1.29, 1.82) is 0 Å². The topological polar surface area (TPSA) is 50.9 Å². The normalized spacial score (nSPS) is 15.9. The third kappa shape index (κ3) is 9.69. The average molecular weight is 1090 g/mol. The maximum absolute atomic E-state index is 12.5. The van der Waals surface area contributed by atoms with Gasteiger partial charge in [0.2, 0.25) is 0 Å². The van der Waals surface area contributed by atoms with Crippen molar-refractivity contribution in [3.8, 4) is 67.5 Å². The number of phenolic OH excluding ortho intramolecular Hbond substituents is 1. The summed E-state index contributed by atoms with van der Waals surface area (Å²) >= 11 is 0. The second kappa shape index (κ2) is 18.7. The van der Waals surface area contributed by atoms with Crippen LogP contribution in [0.1, 0.15) is 161 Å². The van der Waals surface area contributed by atoms with Crippen molar-refractivity contribution < 1.29 is 44.0 Å². The summed E-state index contributed by atoms with van der Waals surface area (Å²) in [4.78, 5) is 10.3. The minimum absolute atomic E-state index is 0. The Labute approximate surface area is 439 Å². The zero-order valence-corrected chi connectivity index (χ0v) is 43.4. The molecule has 8 rings (SSSR count). The van der Waals surface area contributed by atoms with Gasteiger partial charge < -0.3 is 5.11 Å². The molecule has 68 heavy (non-hydrogen) atoms. The van der Waals surface area contributed by atoms with Crippen LogP contribution in [0.4, 0.5) is 0 Å². The first-order chi connectivity index (χ1) is 36.9. The van der Waals surface area contributed by atoms with Crippen LogP contribution in [0.2, 0.25) is 0 Å². The van der Waals surface area contributed by atoms with Crippen molar-refractivity contribution in [2.24, 2.45) is 5.41 Å². The van der Waals surface area contributed by atoms with Crippen molar-refractivity contribution in [3.05, 3.63) is 167 Å². The third-order valence-electron chi connectivity index (χ3n) is 13.6. The van der Waals surface area contributed by atoms with Crippen molar-refractivity contribution in [3.63, 3.8) is 0 Å². The van der Waals surface area contributed by atoms with E-state index in [4.69, 9.17) is 25.0 Å². The summed E-state index contributed by atoms with van der Waals surface area (Å²) in [5.41, 5.74) is 4.96. The van der Waals surface area contributed by atoms with Crippen LogP contribution in [0, 0.1) is 11.5 Å². The Hall–Kier alpha value is -5.57. The van der Waals surface area contributed by atoms with E-state index in [1.165, 1.54) is 12.3 Å². The molecule has 0 bridgehead atoms. The molecule has 0 atom stereocenters. The summed E-state index contributed by atoms with van der Waals surface area (Å²) in [5, 5.41) is 12.5. The number of hydrogen-bond donors (Lipinski definition) is 1. The molecular weight excluding hydrogens is 1010 g/mol. The fraction of sp³-hybridized carbons (Fsp3) is 0.333. The summed E-state index contributed by atoms with van der Waals surface area (Å²) in [6.45, 7) is 14.5. The molecule has 0 amide bonds. The van der Waals surface area contributed by atoms with Gasteiger partial charge in [-0.1, -0.05) is 200 Å². The van der Waals surface area contributed by atoms with Gasteiger partial charge in [-0.3, -0.25) is 9.55 Å². The SMILES string of the molecule is [2H]c1c([2H])c(C(C([2H])([2H])[2H])(C([2H])([2H])[2H])C([2H])([2H])[2H])c([2H])c([2H])c1-c1ccnc(-c2[c-]c(-c3cccc4c3nc(-c3cc(C(C)C)cc(C(C)C)c3O)n4-c3ccc(C(C)(C)C(C)(C)C)cc3-c3ccccc3)cc(C(C)(C)C)c2)c1.[Pt]. The molecule has 6 aromatic carbocycles. The van der Waals surface area contributed by atoms with Crippen molar-refractivity contribution in [2.75, 3.05) is 0 Å². The van der Waals surface area contributed by atoms with Crippen LogP contribution in [0.5, 0.6) is 5.75 Å². The molecule has 0 aliphatic rings. The van der Waals surface area contributed by atoms with E-state index in [0.717, 1.165) is 50.1 Å². The number of hydrogen-bond acceptors (Lipinski definition) is 3. The number of phenols is 1. The first-order valence-electron chi connectivity index (χ1n) is 29.6. The number of rotatable bonds is 9. The molecule has 0 radical (unpaired) electrons. The molecule has 0 saturated carbocycles. The number of imidazole rings is 1. The molecule has 0 spiro atoms. The average Bonchev–Trinajstić information content (AvgIpc) is 2.94. The molecule has 4 nitrogen and oxygen atoms in total. The number of aromatic nitrogens is 3. The summed E-state index contributed by atoms with van der Waals surface area (Å²) in [7, 11) is 0. The van der Waals surface area contributed by atoms with Crippen molar-refractivity contribution in [1.82, 2.24) is 14.5 Å². The van der Waals surface area contributed by atoms with Crippen molar-refractivity contribution in [2.45, 2.75) is 132 Å². The molecule has 2 heterocycles. The number of nitrogens with zero attached hydrogens (tertiary/aromatic N) is 3. The molecule has 0 fully saturated rings. The molecule has 0 aliphatic heterocycles. The maximum atomic E-state index is 12.5. The van der Waals surface area contributed by atoms with Gasteiger partial charge in [-0.15, -0.1) is 29.3 Å². The van der Waals surface area contributed by atoms with Gasteiger partial charge in [-0.05, 0) is 103 Å². The Bertz CT molecular complexity index is 3630. The smallest absolute Gasteiger partial charge is 0.148 e. The number of aromatic hydroxyl groups is 1. The van der Waals surface area contributed by atoms with Gasteiger partial charge in [0.1, 0.15) is 11.6 Å². The Balaban J connectivity index is 0.00000946. The van der Waals surface area contributed by atoms with E-state index >= 15 is 0 Å². The summed E-state index contributed by atoms with van der Waals surface area (Å²) in [6.07, 6.45) is 1.43. The zero-order chi connectivity index (χ0) is 59.4. The first-order valence-corrected chi connectivity index (χ1v) is 23.1. The number of pyridine rings is 1. The minimum Gasteiger partial charge on any atom is -0.507 e. The van der Waals surface area contributed by atoms with Gasteiger partial charge in [0.05, 0.1) is 27.8 Å². The Morgan fingerprint density at radius 3 is 1.94 bits per heavy atom. The summed E-state index contributed by atoms with van der Waals surface area (Å²) < 4.78 is 113. The van der Waals surface area contributed by atoms with Gasteiger partial charge in [0, 0.05) is 50.9 Å². The van der Waals surface area contributed by atoms with E-state index in [0.29, 0.717) is 33.7 Å². The van der Waals surface area contributed by atoms with Crippen molar-refractivity contribution >= 4 is 11.0 Å². The van der Waals surface area contributed by atoms with Gasteiger partial charge in [0.25, 0.3) is 0 Å². The number of fused-ring (bicyclic) bond motifs is 1. The Morgan fingerprint density at radius 2 is 1.31 bits per heavy atom. The van der Waals surface area contributed by atoms with Crippen LogP contribution in [0.25, 0.3) is 72.7 Å². The van der Waals surface area contributed by atoms with Crippen LogP contribution in [-0.2, 0) is 37.3 Å². The summed E-state index contributed by atoms with van der Waals surface area (Å²) in [6, 6.07) is 33.8. The molecule has 0 unspecified atom stereocenters. The van der Waals surface area contributed by atoms with Gasteiger partial charge in [-0.2, -0.15) is 0 Å². The zero-order valence-electron chi connectivity index (χ0n) is 54.2. The molecule has 354 valence electrons. The van der Waals surface area contributed by atoms with E-state index in [1.54, 1.807) is 6.07 Å². The molecule has 1 N–H and O–H groups in total. The molecule has 0 aliphatic carbocycles. The summed E-state index contributed by atoms with van der Waals surface area (Å²) in [5.74, 6) is 0.805. The van der Waals surface area contributed by atoms with E-state index in [-0.39, 0.29) is 60.6 Å². The van der Waals surface area contributed by atoms with Crippen LogP contribution < -0.4 is 0 Å². The monoisotopic (exact) mass is 1090 g/mol. The van der Waals surface area contributed by atoms with Crippen LogP contribution in [-0.4, -0.2) is 19.6 Å². The van der Waals surface area contributed by atoms with E-state index in [9.17, 15) is 7.85 Å². The Kier molecular flexibility index (Phi) is 9.79. The fourth-order valence-electron chi connectivity index (χ4n) is 8.43. The quantitative estimate of drug-likeness (QED) is 0.147. The number of benzene rings is 6. The molecule has 5 heteroatoms. The fourth-order valence-corrected chi connectivity index (χ4v) is 8.43. The van der Waals surface area contributed by atoms with Gasteiger partial charge >= 0.3 is 0 Å². The largest absolute Gasteiger partial charge is 0.507 e. The van der Waals surface area contributed by atoms with E-state index < -0.39 is 61.1 Å². The second-order valence-corrected chi connectivity index (χ2v) is 21.1. The molecular formula is C63H70N3OPt-. The first kappa shape index (κ1) is 35.5. The minimum atomic E-state index is -3.81. The van der Waals surface area contributed by atoms with Gasteiger partial charge in [-0.25, -0.2) is 4.98 Å². The van der Waals surface area contributed by atoms with Gasteiger partial charge in [0.15, 0.2) is 0 Å². The molecule has 8 aromatic rings. The van der Waals surface area contributed by atoms with Crippen LogP contribution in [0.3, 0.4) is 0 Å². The molecule has 0 saturated heterocycles.